The Hall–Kier alpha value is -2.09. The van der Waals surface area contributed by atoms with Crippen molar-refractivity contribution in [2.45, 2.75) is 38.1 Å². The first-order valence-corrected chi connectivity index (χ1v) is 9.75. The van der Waals surface area contributed by atoms with Gasteiger partial charge in [0.05, 0.1) is 4.90 Å². The van der Waals surface area contributed by atoms with E-state index in [-0.39, 0.29) is 35.3 Å². The summed E-state index contributed by atoms with van der Waals surface area (Å²) in [6, 6.07) is 11.7. The van der Waals surface area contributed by atoms with E-state index < -0.39 is 15.6 Å². The summed E-state index contributed by atoms with van der Waals surface area (Å²) in [5, 5.41) is 2.80. The number of aryl methyl sites for hydroxylation is 2. The topological polar surface area (TPSA) is 101 Å². The van der Waals surface area contributed by atoms with Gasteiger partial charge in [0.25, 0.3) is 15.9 Å². The highest BCUT2D eigenvalue weighted by Gasteiger charge is 2.22. The third-order valence-electron chi connectivity index (χ3n) is 3.97. The zero-order valence-electron chi connectivity index (χ0n) is 15.9. The normalized spacial score (nSPS) is 11.4. The summed E-state index contributed by atoms with van der Waals surface area (Å²) in [6.45, 7) is 7.44. The first kappa shape index (κ1) is 23.0. The van der Waals surface area contributed by atoms with Crippen LogP contribution in [0.3, 0.4) is 0 Å². The number of carbonyl (C=O) groups excluding carboxylic acids is 1. The molecule has 0 heterocycles. The van der Waals surface area contributed by atoms with Gasteiger partial charge in [0.2, 0.25) is 0 Å². The van der Waals surface area contributed by atoms with Crippen LogP contribution in [-0.4, -0.2) is 26.4 Å². The lowest BCUT2D eigenvalue weighted by atomic mass is 10.0. The third kappa shape index (κ3) is 5.95. The van der Waals surface area contributed by atoms with Gasteiger partial charge in [-0.15, -0.1) is 12.4 Å². The molecule has 0 unspecified atom stereocenters. The van der Waals surface area contributed by atoms with Crippen molar-refractivity contribution in [2.75, 3.05) is 11.3 Å². The number of anilines is 1. The molecule has 0 saturated carbocycles. The molecule has 0 atom stereocenters. The van der Waals surface area contributed by atoms with Crippen LogP contribution in [0.4, 0.5) is 5.69 Å². The van der Waals surface area contributed by atoms with E-state index in [4.69, 9.17) is 5.73 Å². The highest BCUT2D eigenvalue weighted by atomic mass is 35.5. The maximum atomic E-state index is 12.8. The Bertz CT molecular complexity index is 928. The van der Waals surface area contributed by atoms with Gasteiger partial charge in [-0.3, -0.25) is 9.52 Å². The van der Waals surface area contributed by atoms with Crippen molar-refractivity contribution in [3.05, 3.63) is 59.2 Å². The first-order valence-electron chi connectivity index (χ1n) is 8.27. The lowest BCUT2D eigenvalue weighted by Crippen LogP contribution is -2.48. The van der Waals surface area contributed by atoms with Gasteiger partial charge in [0.1, 0.15) is 0 Å². The molecule has 27 heavy (non-hydrogen) atoms. The number of amides is 1. The van der Waals surface area contributed by atoms with Crippen LogP contribution in [0.2, 0.25) is 0 Å². The second-order valence-electron chi connectivity index (χ2n) is 7.00. The third-order valence-corrected chi connectivity index (χ3v) is 5.50. The molecular formula is C19H26ClN3O3S. The predicted molar refractivity (Wildman–Crippen MR) is 111 cm³/mol. The van der Waals surface area contributed by atoms with E-state index in [0.29, 0.717) is 11.3 Å². The second-order valence-corrected chi connectivity index (χ2v) is 8.65. The number of carbonyl (C=O) groups is 1. The summed E-state index contributed by atoms with van der Waals surface area (Å²) in [7, 11) is -3.82. The number of hydrogen-bond acceptors (Lipinski definition) is 4. The minimum absolute atomic E-state index is 0. The minimum Gasteiger partial charge on any atom is -0.346 e. The Kier molecular flexibility index (Phi) is 7.42. The zero-order valence-corrected chi connectivity index (χ0v) is 17.5. The van der Waals surface area contributed by atoms with E-state index in [1.807, 2.05) is 13.0 Å². The van der Waals surface area contributed by atoms with Crippen molar-refractivity contribution in [3.63, 3.8) is 0 Å². The van der Waals surface area contributed by atoms with Gasteiger partial charge in [-0.25, -0.2) is 8.42 Å². The van der Waals surface area contributed by atoms with E-state index >= 15 is 0 Å². The SMILES string of the molecule is Cc1cccc(NS(=O)(=O)c2cc(C(=O)NC(C)(C)CN)ccc2C)c1.Cl. The summed E-state index contributed by atoms with van der Waals surface area (Å²) in [5.41, 5.74) is 7.29. The molecule has 8 heteroatoms. The monoisotopic (exact) mass is 411 g/mol. The number of hydrogen-bond donors (Lipinski definition) is 3. The Morgan fingerprint density at radius 3 is 2.37 bits per heavy atom. The van der Waals surface area contributed by atoms with Crippen LogP contribution in [-0.2, 0) is 10.0 Å². The largest absolute Gasteiger partial charge is 0.346 e. The Morgan fingerprint density at radius 2 is 1.78 bits per heavy atom. The van der Waals surface area contributed by atoms with Crippen LogP contribution < -0.4 is 15.8 Å². The molecule has 0 aliphatic carbocycles. The molecule has 2 rings (SSSR count). The van der Waals surface area contributed by atoms with Crippen molar-refractivity contribution >= 4 is 34.0 Å². The molecule has 2 aromatic rings. The van der Waals surface area contributed by atoms with Crippen LogP contribution in [0.5, 0.6) is 0 Å². The van der Waals surface area contributed by atoms with E-state index in [1.165, 1.54) is 6.07 Å². The number of nitrogens with two attached hydrogens (primary N) is 1. The van der Waals surface area contributed by atoms with Gasteiger partial charge in [-0.1, -0.05) is 18.2 Å². The van der Waals surface area contributed by atoms with Crippen molar-refractivity contribution in [1.29, 1.82) is 0 Å². The van der Waals surface area contributed by atoms with Crippen molar-refractivity contribution in [2.24, 2.45) is 5.73 Å². The van der Waals surface area contributed by atoms with Crippen LogP contribution >= 0.6 is 12.4 Å². The first-order chi connectivity index (χ1) is 12.0. The van der Waals surface area contributed by atoms with E-state index in [1.54, 1.807) is 51.1 Å². The predicted octanol–water partition coefficient (Wildman–Crippen LogP) is 2.99. The molecule has 0 aromatic heterocycles. The van der Waals surface area contributed by atoms with E-state index in [9.17, 15) is 13.2 Å². The van der Waals surface area contributed by atoms with Gasteiger partial charge < -0.3 is 11.1 Å². The molecule has 0 radical (unpaired) electrons. The fourth-order valence-electron chi connectivity index (χ4n) is 2.38. The van der Waals surface area contributed by atoms with Crippen LogP contribution in [0.25, 0.3) is 0 Å². The number of halogens is 1. The molecule has 0 aliphatic heterocycles. The molecular weight excluding hydrogens is 386 g/mol. The standard InChI is InChI=1S/C19H25N3O3S.ClH/c1-13-6-5-7-16(10-13)22-26(24,25)17-11-15(9-8-14(17)2)18(23)21-19(3,4)12-20;/h5-11,22H,12,20H2,1-4H3,(H,21,23);1H. The molecule has 4 N–H and O–H groups in total. The van der Waals surface area contributed by atoms with Crippen LogP contribution in [0.1, 0.15) is 35.3 Å². The molecule has 1 amide bonds. The highest BCUT2D eigenvalue weighted by Crippen LogP contribution is 2.21. The maximum absolute atomic E-state index is 12.8. The Morgan fingerprint density at radius 1 is 1.11 bits per heavy atom. The average Bonchev–Trinajstić information content (AvgIpc) is 2.54. The summed E-state index contributed by atoms with van der Waals surface area (Å²) in [6.07, 6.45) is 0. The average molecular weight is 412 g/mol. The van der Waals surface area contributed by atoms with Crippen LogP contribution in [0, 0.1) is 13.8 Å². The maximum Gasteiger partial charge on any atom is 0.262 e. The van der Waals surface area contributed by atoms with Crippen LogP contribution in [0.15, 0.2) is 47.4 Å². The fourth-order valence-corrected chi connectivity index (χ4v) is 3.70. The van der Waals surface area contributed by atoms with Crippen molar-refractivity contribution < 1.29 is 13.2 Å². The molecule has 0 spiro atoms. The lowest BCUT2D eigenvalue weighted by Gasteiger charge is -2.24. The molecule has 0 aliphatic rings. The highest BCUT2D eigenvalue weighted by molar-refractivity contribution is 7.92. The minimum atomic E-state index is -3.82. The van der Waals surface area contributed by atoms with E-state index in [2.05, 4.69) is 10.0 Å². The van der Waals surface area contributed by atoms with Crippen molar-refractivity contribution in [3.8, 4) is 0 Å². The van der Waals surface area contributed by atoms with Gasteiger partial charge in [0, 0.05) is 23.3 Å². The van der Waals surface area contributed by atoms with Gasteiger partial charge in [-0.2, -0.15) is 0 Å². The van der Waals surface area contributed by atoms with E-state index in [0.717, 1.165) is 5.56 Å². The number of benzene rings is 2. The number of sulfonamides is 1. The number of rotatable bonds is 6. The summed E-state index contributed by atoms with van der Waals surface area (Å²) < 4.78 is 28.1. The summed E-state index contributed by atoms with van der Waals surface area (Å²) >= 11 is 0. The van der Waals surface area contributed by atoms with Gasteiger partial charge in [0.15, 0.2) is 0 Å². The zero-order chi connectivity index (χ0) is 19.5. The number of nitrogens with one attached hydrogen (secondary N) is 2. The summed E-state index contributed by atoms with van der Waals surface area (Å²) in [5.74, 6) is -0.368. The Balaban J connectivity index is 0.00000364. The Labute approximate surface area is 167 Å². The second kappa shape index (κ2) is 8.73. The molecule has 0 bridgehead atoms. The molecule has 2 aromatic carbocycles. The van der Waals surface area contributed by atoms with Gasteiger partial charge in [-0.05, 0) is 63.1 Å². The molecule has 6 nitrogen and oxygen atoms in total. The lowest BCUT2D eigenvalue weighted by molar-refractivity contribution is 0.0915. The molecule has 0 fully saturated rings. The molecule has 148 valence electrons. The summed E-state index contributed by atoms with van der Waals surface area (Å²) in [4.78, 5) is 12.5. The smallest absolute Gasteiger partial charge is 0.262 e. The van der Waals surface area contributed by atoms with Crippen molar-refractivity contribution in [1.82, 2.24) is 5.32 Å². The van der Waals surface area contributed by atoms with Gasteiger partial charge >= 0.3 is 0 Å². The molecule has 0 saturated heterocycles. The fraction of sp³-hybridized carbons (Fsp3) is 0.316. The quantitative estimate of drug-likeness (QED) is 0.680.